The van der Waals surface area contributed by atoms with Crippen LogP contribution >= 0.6 is 23.6 Å². The molecule has 178 valence electrons. The van der Waals surface area contributed by atoms with Gasteiger partial charge in [-0.15, -0.1) is 11.3 Å². The molecule has 1 atom stereocenters. The minimum absolute atomic E-state index is 0.0244. The monoisotopic (exact) mass is 494 g/mol. The topological polar surface area (TPSA) is 75.3 Å². The van der Waals surface area contributed by atoms with Gasteiger partial charge >= 0.3 is 0 Å². The van der Waals surface area contributed by atoms with Gasteiger partial charge in [0.2, 0.25) is 0 Å². The Labute approximate surface area is 209 Å². The maximum Gasteiger partial charge on any atom is 0.256 e. The fourth-order valence-corrected chi connectivity index (χ4v) is 6.42. The van der Waals surface area contributed by atoms with Gasteiger partial charge in [-0.3, -0.25) is 14.4 Å². The van der Waals surface area contributed by atoms with Gasteiger partial charge in [-0.2, -0.15) is 0 Å². The molecule has 1 aromatic heterocycles. The molecule has 0 aliphatic heterocycles. The molecule has 1 aromatic carbocycles. The summed E-state index contributed by atoms with van der Waals surface area (Å²) < 4.78 is 0. The predicted octanol–water partition coefficient (Wildman–Crippen LogP) is 4.66. The second-order valence-electron chi connectivity index (χ2n) is 9.93. The van der Waals surface area contributed by atoms with Crippen LogP contribution in [0.3, 0.4) is 0 Å². The van der Waals surface area contributed by atoms with Crippen LogP contribution in [0.1, 0.15) is 74.6 Å². The molecule has 0 radical (unpaired) electrons. The number of rotatable bonds is 9. The quantitative estimate of drug-likeness (QED) is 0.497. The van der Waals surface area contributed by atoms with Crippen LogP contribution in [-0.4, -0.2) is 29.1 Å². The van der Waals surface area contributed by atoms with E-state index in [1.54, 1.807) is 23.5 Å². The van der Waals surface area contributed by atoms with Crippen molar-refractivity contribution in [3.8, 4) is 0 Å². The second kappa shape index (κ2) is 10.1. The minimum atomic E-state index is -0.182. The zero-order valence-electron chi connectivity index (χ0n) is 19.2. The van der Waals surface area contributed by atoms with Crippen LogP contribution in [0.2, 0.25) is 0 Å². The number of hydrogen-bond donors (Lipinski definition) is 2. The molecular formula is C27H30N2O3S2. The molecule has 1 unspecified atom stereocenters. The lowest BCUT2D eigenvalue weighted by Crippen LogP contribution is -2.32. The SMILES string of the molecule is O=C(NC(=S)CC1CCc2sc(CC(=O)C3CC3)c(C(=O)NCC3CC3)c2C1)c1ccccc1. The number of amides is 2. The van der Waals surface area contributed by atoms with Gasteiger partial charge in [0, 0.05) is 40.6 Å². The maximum atomic E-state index is 13.2. The first-order valence-corrected chi connectivity index (χ1v) is 13.5. The number of thiocarbonyl (C=S) groups is 1. The summed E-state index contributed by atoms with van der Waals surface area (Å²) in [6.45, 7) is 0.721. The Morgan fingerprint density at radius 1 is 0.971 bits per heavy atom. The van der Waals surface area contributed by atoms with Crippen molar-refractivity contribution < 1.29 is 14.4 Å². The lowest BCUT2D eigenvalue weighted by atomic mass is 9.83. The zero-order chi connectivity index (χ0) is 23.7. The smallest absolute Gasteiger partial charge is 0.256 e. The van der Waals surface area contributed by atoms with Gasteiger partial charge in [-0.1, -0.05) is 30.4 Å². The molecule has 3 aliphatic rings. The van der Waals surface area contributed by atoms with Crippen molar-refractivity contribution in [3.63, 3.8) is 0 Å². The number of Topliss-reactive ketones (excluding diaryl/α,β-unsaturated/α-hetero) is 1. The Morgan fingerprint density at radius 3 is 2.44 bits per heavy atom. The van der Waals surface area contributed by atoms with E-state index in [1.807, 2.05) is 18.2 Å². The summed E-state index contributed by atoms with van der Waals surface area (Å²) >= 11 is 7.17. The fourth-order valence-electron chi connectivity index (χ4n) is 4.73. The molecule has 0 spiro atoms. The normalized spacial score (nSPS) is 19.2. The number of ketones is 1. The van der Waals surface area contributed by atoms with Gasteiger partial charge in [0.15, 0.2) is 0 Å². The third-order valence-electron chi connectivity index (χ3n) is 7.04. The molecule has 7 heteroatoms. The third kappa shape index (κ3) is 5.63. The average molecular weight is 495 g/mol. The van der Waals surface area contributed by atoms with Crippen molar-refractivity contribution in [1.29, 1.82) is 0 Å². The van der Waals surface area contributed by atoms with E-state index in [-0.39, 0.29) is 29.4 Å². The molecule has 5 nitrogen and oxygen atoms in total. The summed E-state index contributed by atoms with van der Waals surface area (Å²) in [6.07, 6.45) is 7.95. The first kappa shape index (κ1) is 23.4. The lowest BCUT2D eigenvalue weighted by molar-refractivity contribution is -0.119. The molecule has 2 N–H and O–H groups in total. The minimum Gasteiger partial charge on any atom is -0.352 e. The van der Waals surface area contributed by atoms with Gasteiger partial charge < -0.3 is 10.6 Å². The van der Waals surface area contributed by atoms with Crippen LogP contribution in [0, 0.1) is 17.8 Å². The Bertz CT molecular complexity index is 1120. The van der Waals surface area contributed by atoms with E-state index < -0.39 is 0 Å². The molecule has 2 saturated carbocycles. The van der Waals surface area contributed by atoms with Crippen LogP contribution in [0.25, 0.3) is 0 Å². The highest BCUT2D eigenvalue weighted by molar-refractivity contribution is 7.80. The van der Waals surface area contributed by atoms with Crippen molar-refractivity contribution in [3.05, 3.63) is 56.8 Å². The molecule has 0 bridgehead atoms. The lowest BCUT2D eigenvalue weighted by Gasteiger charge is -2.23. The fraction of sp³-hybridized carbons (Fsp3) is 0.481. The number of hydrogen-bond acceptors (Lipinski definition) is 5. The number of carbonyl (C=O) groups is 3. The van der Waals surface area contributed by atoms with Crippen molar-refractivity contribution in [2.24, 2.45) is 17.8 Å². The van der Waals surface area contributed by atoms with Gasteiger partial charge in [0.05, 0.1) is 10.6 Å². The summed E-state index contributed by atoms with van der Waals surface area (Å²) in [5, 5.41) is 6.00. The maximum absolute atomic E-state index is 13.2. The number of fused-ring (bicyclic) bond motifs is 1. The van der Waals surface area contributed by atoms with Crippen molar-refractivity contribution >= 4 is 46.1 Å². The largest absolute Gasteiger partial charge is 0.352 e. The van der Waals surface area contributed by atoms with Crippen LogP contribution in [0.5, 0.6) is 0 Å². The van der Waals surface area contributed by atoms with E-state index in [9.17, 15) is 14.4 Å². The van der Waals surface area contributed by atoms with Gasteiger partial charge in [0.25, 0.3) is 11.8 Å². The molecule has 34 heavy (non-hydrogen) atoms. The van der Waals surface area contributed by atoms with Crippen LogP contribution in [0.4, 0.5) is 0 Å². The van der Waals surface area contributed by atoms with E-state index >= 15 is 0 Å². The summed E-state index contributed by atoms with van der Waals surface area (Å²) in [5.74, 6) is 1.14. The van der Waals surface area contributed by atoms with E-state index in [2.05, 4.69) is 10.6 Å². The molecule has 5 rings (SSSR count). The van der Waals surface area contributed by atoms with Gasteiger partial charge in [-0.05, 0) is 74.5 Å². The summed E-state index contributed by atoms with van der Waals surface area (Å²) in [6, 6.07) is 9.08. The molecule has 2 amide bonds. The number of aryl methyl sites for hydroxylation is 1. The second-order valence-corrected chi connectivity index (χ2v) is 11.6. The Hall–Kier alpha value is -2.38. The molecule has 1 heterocycles. The van der Waals surface area contributed by atoms with Crippen molar-refractivity contribution in [2.75, 3.05) is 6.54 Å². The molecule has 3 aliphatic carbocycles. The van der Waals surface area contributed by atoms with E-state index in [4.69, 9.17) is 12.2 Å². The van der Waals surface area contributed by atoms with Crippen LogP contribution in [0.15, 0.2) is 30.3 Å². The molecular weight excluding hydrogens is 464 g/mol. The highest BCUT2D eigenvalue weighted by Gasteiger charge is 2.34. The molecule has 2 aromatic rings. The zero-order valence-corrected chi connectivity index (χ0v) is 20.9. The molecule has 0 saturated heterocycles. The first-order valence-electron chi connectivity index (χ1n) is 12.3. The Morgan fingerprint density at radius 2 is 1.74 bits per heavy atom. The summed E-state index contributed by atoms with van der Waals surface area (Å²) in [5.41, 5.74) is 2.44. The van der Waals surface area contributed by atoms with Crippen LogP contribution in [-0.2, 0) is 24.1 Å². The highest BCUT2D eigenvalue weighted by Crippen LogP contribution is 2.40. The van der Waals surface area contributed by atoms with Gasteiger partial charge in [-0.25, -0.2) is 0 Å². The highest BCUT2D eigenvalue weighted by atomic mass is 32.1. The Kier molecular flexibility index (Phi) is 6.93. The number of benzene rings is 1. The predicted molar refractivity (Wildman–Crippen MR) is 137 cm³/mol. The summed E-state index contributed by atoms with van der Waals surface area (Å²) in [7, 11) is 0. The number of carbonyl (C=O) groups excluding carboxylic acids is 3. The van der Waals surface area contributed by atoms with Crippen molar-refractivity contribution in [1.82, 2.24) is 10.6 Å². The first-order chi connectivity index (χ1) is 16.5. The van der Waals surface area contributed by atoms with E-state index in [0.29, 0.717) is 29.3 Å². The third-order valence-corrected chi connectivity index (χ3v) is 8.60. The standard InChI is InChI=1S/C27H30N2O3S2/c30-21(18-9-10-18)14-23-25(27(32)28-15-16-6-7-16)20-12-17(8-11-22(20)34-23)13-24(33)29-26(31)19-4-2-1-3-5-19/h1-5,16-18H,6-15H2,(H,28,32)(H,29,31,33). The van der Waals surface area contributed by atoms with Crippen LogP contribution < -0.4 is 10.6 Å². The number of nitrogens with one attached hydrogen (secondary N) is 2. The average Bonchev–Trinajstić information content (AvgIpc) is 3.74. The van der Waals surface area contributed by atoms with E-state index in [1.165, 1.54) is 17.7 Å². The number of thiophene rings is 1. The Balaban J connectivity index is 1.28. The van der Waals surface area contributed by atoms with Gasteiger partial charge in [0.1, 0.15) is 5.78 Å². The molecule has 2 fully saturated rings. The van der Waals surface area contributed by atoms with E-state index in [0.717, 1.165) is 54.7 Å². The summed E-state index contributed by atoms with van der Waals surface area (Å²) in [4.78, 5) is 41.0. The van der Waals surface area contributed by atoms with Crippen molar-refractivity contribution in [2.45, 2.75) is 57.8 Å².